The minimum Gasteiger partial charge on any atom is -0.350 e. The maximum atomic E-state index is 13.0. The Morgan fingerprint density at radius 3 is 2.55 bits per heavy atom. The molecule has 4 aromatic rings. The summed E-state index contributed by atoms with van der Waals surface area (Å²) in [5.74, 6) is -0.370. The van der Waals surface area contributed by atoms with Gasteiger partial charge in [-0.15, -0.1) is 0 Å². The molecule has 0 bridgehead atoms. The van der Waals surface area contributed by atoms with Gasteiger partial charge in [0.1, 0.15) is 11.7 Å². The summed E-state index contributed by atoms with van der Waals surface area (Å²) in [6, 6.07) is 11.9. The number of hydrogen-bond acceptors (Lipinski definition) is 8. The highest BCUT2D eigenvalue weighted by molar-refractivity contribution is 7.89. The van der Waals surface area contributed by atoms with E-state index in [2.05, 4.69) is 15.4 Å². The molecule has 1 amide bonds. The summed E-state index contributed by atoms with van der Waals surface area (Å²) in [5.41, 5.74) is 0.857. The lowest BCUT2D eigenvalue weighted by Gasteiger charge is -2.25. The number of sulfonamides is 1. The normalized spacial score (nSPS) is 14.3. The van der Waals surface area contributed by atoms with Gasteiger partial charge in [-0.1, -0.05) is 18.6 Å². The van der Waals surface area contributed by atoms with Crippen molar-refractivity contribution in [2.75, 3.05) is 19.6 Å². The molecule has 2 aromatic heterocycles. The fraction of sp³-hybridized carbons (Fsp3) is 0.308. The van der Waals surface area contributed by atoms with Crippen LogP contribution in [0.25, 0.3) is 11.0 Å². The molecule has 1 saturated heterocycles. The average Bonchev–Trinajstić information content (AvgIpc) is 3.38. The van der Waals surface area contributed by atoms with Gasteiger partial charge in [-0.05, 0) is 42.7 Å². The predicted octanol–water partition coefficient (Wildman–Crippen LogP) is 2.15. The van der Waals surface area contributed by atoms with Gasteiger partial charge in [0.25, 0.3) is 17.2 Å². The van der Waals surface area contributed by atoms with Gasteiger partial charge in [-0.2, -0.15) is 9.40 Å². The van der Waals surface area contributed by atoms with E-state index in [0.29, 0.717) is 29.9 Å². The van der Waals surface area contributed by atoms with Crippen LogP contribution < -0.4 is 10.9 Å². The number of nitrogens with one attached hydrogen (secondary N) is 1. The van der Waals surface area contributed by atoms with Crippen molar-refractivity contribution < 1.29 is 18.1 Å². The highest BCUT2D eigenvalue weighted by Crippen LogP contribution is 2.21. The number of benzene rings is 2. The second-order valence-electron chi connectivity index (χ2n) is 9.45. The summed E-state index contributed by atoms with van der Waals surface area (Å²) in [6.07, 6.45) is 5.47. The number of non-ortho nitro benzene ring substituents is 1. The Morgan fingerprint density at radius 1 is 1.07 bits per heavy atom. The third-order valence-electron chi connectivity index (χ3n) is 6.78. The minimum atomic E-state index is -3.57. The molecule has 1 aliphatic rings. The van der Waals surface area contributed by atoms with Crippen molar-refractivity contribution in [2.24, 2.45) is 0 Å². The van der Waals surface area contributed by atoms with Crippen molar-refractivity contribution in [3.63, 3.8) is 0 Å². The van der Waals surface area contributed by atoms with Crippen LogP contribution in [0.5, 0.6) is 0 Å². The summed E-state index contributed by atoms with van der Waals surface area (Å²) < 4.78 is 30.0. The quantitative estimate of drug-likeness (QED) is 0.238. The minimum absolute atomic E-state index is 0.0621. The molecule has 1 aliphatic heterocycles. The monoisotopic (exact) mass is 565 g/mol. The van der Waals surface area contributed by atoms with E-state index < -0.39 is 14.9 Å². The van der Waals surface area contributed by atoms with Gasteiger partial charge in [0, 0.05) is 37.3 Å². The van der Waals surface area contributed by atoms with Gasteiger partial charge in [-0.25, -0.2) is 18.1 Å². The Bertz CT molecular complexity index is 1720. The number of nitro benzene ring substituents is 1. The van der Waals surface area contributed by atoms with E-state index >= 15 is 0 Å². The van der Waals surface area contributed by atoms with Crippen molar-refractivity contribution in [2.45, 2.75) is 37.2 Å². The number of nitrogens with zero attached hydrogens (tertiary/aromatic N) is 6. The smallest absolute Gasteiger partial charge is 0.269 e. The Labute approximate surface area is 229 Å². The Hall–Kier alpha value is -4.43. The zero-order valence-corrected chi connectivity index (χ0v) is 22.3. The molecule has 1 fully saturated rings. The zero-order chi connectivity index (χ0) is 28.3. The largest absolute Gasteiger partial charge is 0.350 e. The number of nitro groups is 1. The van der Waals surface area contributed by atoms with Crippen LogP contribution in [0.15, 0.2) is 70.7 Å². The number of carbonyl (C=O) groups is 1. The SMILES string of the molecule is O=C(NCCn1ncc2c(=O)n(Cc3cccc([N+](=O)[O-])c3)cnc21)c1ccc(S(=O)(=O)N2CCCCC2)cc1. The molecule has 0 unspecified atom stereocenters. The highest BCUT2D eigenvalue weighted by atomic mass is 32.2. The molecule has 13 nitrogen and oxygen atoms in total. The molecule has 3 heterocycles. The van der Waals surface area contributed by atoms with E-state index in [1.54, 1.807) is 12.1 Å². The van der Waals surface area contributed by atoms with Gasteiger partial charge >= 0.3 is 0 Å². The van der Waals surface area contributed by atoms with Crippen LogP contribution in [-0.2, 0) is 23.1 Å². The first-order chi connectivity index (χ1) is 19.2. The lowest BCUT2D eigenvalue weighted by Crippen LogP contribution is -2.35. The molecule has 40 heavy (non-hydrogen) atoms. The van der Waals surface area contributed by atoms with E-state index in [1.165, 1.54) is 62.5 Å². The maximum absolute atomic E-state index is 13.0. The Morgan fingerprint density at radius 2 is 1.82 bits per heavy atom. The molecule has 208 valence electrons. The van der Waals surface area contributed by atoms with E-state index in [0.717, 1.165) is 19.3 Å². The molecular weight excluding hydrogens is 538 g/mol. The summed E-state index contributed by atoms with van der Waals surface area (Å²) in [4.78, 5) is 40.6. The Kier molecular flexibility index (Phi) is 7.71. The molecule has 5 rings (SSSR count). The van der Waals surface area contributed by atoms with Crippen LogP contribution in [0.4, 0.5) is 5.69 Å². The molecule has 2 aromatic carbocycles. The van der Waals surface area contributed by atoms with Gasteiger partial charge < -0.3 is 5.32 Å². The maximum Gasteiger partial charge on any atom is 0.269 e. The van der Waals surface area contributed by atoms with Crippen molar-refractivity contribution in [3.8, 4) is 0 Å². The molecular formula is C26H27N7O6S. The van der Waals surface area contributed by atoms with Gasteiger partial charge in [-0.3, -0.25) is 24.3 Å². The van der Waals surface area contributed by atoms with Gasteiger partial charge in [0.05, 0.1) is 29.1 Å². The fourth-order valence-corrected chi connectivity index (χ4v) is 6.17. The fourth-order valence-electron chi connectivity index (χ4n) is 4.65. The van der Waals surface area contributed by atoms with Crippen LogP contribution in [0, 0.1) is 10.1 Å². The van der Waals surface area contributed by atoms with E-state index in [-0.39, 0.29) is 47.1 Å². The van der Waals surface area contributed by atoms with Crippen LogP contribution in [0.3, 0.4) is 0 Å². The highest BCUT2D eigenvalue weighted by Gasteiger charge is 2.26. The standard InChI is InChI=1S/C26H27N7O6S/c34-25(20-7-9-22(10-8-20)40(38,39)31-12-2-1-3-13-31)27-11-14-32-24-23(16-29-32)26(35)30(18-28-24)17-19-5-4-6-21(15-19)33(36)37/h4-10,15-16,18H,1-3,11-14,17H2,(H,27,34). The summed E-state index contributed by atoms with van der Waals surface area (Å²) in [7, 11) is -3.57. The first-order valence-electron chi connectivity index (χ1n) is 12.8. The molecule has 0 aliphatic carbocycles. The van der Waals surface area contributed by atoms with E-state index in [9.17, 15) is 28.1 Å². The predicted molar refractivity (Wildman–Crippen MR) is 145 cm³/mol. The molecule has 0 radical (unpaired) electrons. The summed E-state index contributed by atoms with van der Waals surface area (Å²) in [6.45, 7) is 1.57. The number of fused-ring (bicyclic) bond motifs is 1. The topological polar surface area (TPSA) is 162 Å². The third-order valence-corrected chi connectivity index (χ3v) is 8.69. The molecule has 0 saturated carbocycles. The first kappa shape index (κ1) is 27.1. The summed E-state index contributed by atoms with van der Waals surface area (Å²) >= 11 is 0. The molecule has 0 spiro atoms. The van der Waals surface area contributed by atoms with Crippen molar-refractivity contribution in [1.82, 2.24) is 29.0 Å². The number of rotatable bonds is 9. The lowest BCUT2D eigenvalue weighted by molar-refractivity contribution is -0.384. The van der Waals surface area contributed by atoms with Crippen LogP contribution in [-0.4, -0.2) is 62.5 Å². The Balaban J connectivity index is 1.21. The van der Waals surface area contributed by atoms with Crippen molar-refractivity contribution in [1.29, 1.82) is 0 Å². The van der Waals surface area contributed by atoms with E-state index in [4.69, 9.17) is 0 Å². The molecule has 14 heteroatoms. The van der Waals surface area contributed by atoms with E-state index in [1.807, 2.05) is 0 Å². The number of hydrogen-bond donors (Lipinski definition) is 1. The van der Waals surface area contributed by atoms with Crippen molar-refractivity contribution in [3.05, 3.63) is 92.7 Å². The number of amides is 1. The zero-order valence-electron chi connectivity index (χ0n) is 21.5. The van der Waals surface area contributed by atoms with Gasteiger partial charge in [0.2, 0.25) is 10.0 Å². The van der Waals surface area contributed by atoms with Crippen LogP contribution in [0.1, 0.15) is 35.2 Å². The third kappa shape index (κ3) is 5.62. The second kappa shape index (κ2) is 11.4. The summed E-state index contributed by atoms with van der Waals surface area (Å²) in [5, 5.41) is 18.3. The van der Waals surface area contributed by atoms with Crippen molar-refractivity contribution >= 4 is 32.7 Å². The molecule has 1 N–H and O–H groups in total. The lowest BCUT2D eigenvalue weighted by atomic mass is 10.2. The van der Waals surface area contributed by atoms with Crippen LogP contribution in [0.2, 0.25) is 0 Å². The molecule has 0 atom stereocenters. The first-order valence-corrected chi connectivity index (χ1v) is 14.2. The number of carbonyl (C=O) groups excluding carboxylic acids is 1. The number of piperidine rings is 1. The van der Waals surface area contributed by atoms with Gasteiger partial charge in [0.15, 0.2) is 5.65 Å². The average molecular weight is 566 g/mol. The second-order valence-corrected chi connectivity index (χ2v) is 11.4. The van der Waals surface area contributed by atoms with Crippen LogP contribution >= 0.6 is 0 Å². The number of aromatic nitrogens is 4.